The number of aromatic nitrogens is 1. The fourth-order valence-corrected chi connectivity index (χ4v) is 3.11. The second-order valence-corrected chi connectivity index (χ2v) is 5.44. The maximum Gasteiger partial charge on any atom is 0.185 e. The van der Waals surface area contributed by atoms with Gasteiger partial charge in [0.2, 0.25) is 0 Å². The third-order valence-electron chi connectivity index (χ3n) is 3.17. The maximum atomic E-state index is 5.39. The molecule has 1 fully saturated rings. The first-order valence-electron chi connectivity index (χ1n) is 6.19. The summed E-state index contributed by atoms with van der Waals surface area (Å²) in [4.78, 5) is 8.35. The maximum absolute atomic E-state index is 5.39. The van der Waals surface area contributed by atoms with Crippen molar-refractivity contribution in [3.63, 3.8) is 0 Å². The molecule has 96 valence electrons. The SMILES string of the molecule is CCNCc1sc(N2CCC(OC)C2)nc1C. The summed E-state index contributed by atoms with van der Waals surface area (Å²) in [5, 5.41) is 4.50. The van der Waals surface area contributed by atoms with E-state index in [1.54, 1.807) is 18.4 Å². The molecule has 1 saturated heterocycles. The molecule has 0 bridgehead atoms. The molecule has 1 N–H and O–H groups in total. The Morgan fingerprint density at radius 2 is 2.41 bits per heavy atom. The molecule has 1 atom stereocenters. The van der Waals surface area contributed by atoms with Crippen molar-refractivity contribution in [2.45, 2.75) is 32.9 Å². The largest absolute Gasteiger partial charge is 0.380 e. The third kappa shape index (κ3) is 2.97. The van der Waals surface area contributed by atoms with Crippen molar-refractivity contribution in [1.82, 2.24) is 10.3 Å². The van der Waals surface area contributed by atoms with E-state index >= 15 is 0 Å². The molecule has 1 aromatic rings. The quantitative estimate of drug-likeness (QED) is 0.870. The second kappa shape index (κ2) is 5.80. The average molecular weight is 255 g/mol. The molecule has 1 aromatic heterocycles. The Kier molecular flexibility index (Phi) is 4.36. The van der Waals surface area contributed by atoms with E-state index < -0.39 is 0 Å². The van der Waals surface area contributed by atoms with Gasteiger partial charge in [0.1, 0.15) is 0 Å². The number of anilines is 1. The van der Waals surface area contributed by atoms with Crippen molar-refractivity contribution in [2.75, 3.05) is 31.6 Å². The molecule has 0 saturated carbocycles. The predicted molar refractivity (Wildman–Crippen MR) is 71.9 cm³/mol. The van der Waals surface area contributed by atoms with Gasteiger partial charge in [0, 0.05) is 31.6 Å². The van der Waals surface area contributed by atoms with Crippen LogP contribution in [0.4, 0.5) is 5.13 Å². The van der Waals surface area contributed by atoms with Gasteiger partial charge in [0.25, 0.3) is 0 Å². The van der Waals surface area contributed by atoms with Gasteiger partial charge >= 0.3 is 0 Å². The zero-order valence-electron chi connectivity index (χ0n) is 10.8. The normalized spacial score (nSPS) is 20.2. The molecule has 0 radical (unpaired) electrons. The van der Waals surface area contributed by atoms with E-state index in [0.717, 1.165) is 43.4 Å². The summed E-state index contributed by atoms with van der Waals surface area (Å²) in [6, 6.07) is 0. The van der Waals surface area contributed by atoms with Gasteiger partial charge in [0.05, 0.1) is 11.8 Å². The first kappa shape index (κ1) is 12.8. The zero-order valence-corrected chi connectivity index (χ0v) is 11.6. The van der Waals surface area contributed by atoms with E-state index in [4.69, 9.17) is 4.74 Å². The number of rotatable bonds is 5. The highest BCUT2D eigenvalue weighted by atomic mass is 32.1. The van der Waals surface area contributed by atoms with Crippen molar-refractivity contribution in [2.24, 2.45) is 0 Å². The average Bonchev–Trinajstić information content (AvgIpc) is 2.93. The van der Waals surface area contributed by atoms with Crippen LogP contribution < -0.4 is 10.2 Å². The van der Waals surface area contributed by atoms with Crippen LogP contribution in [-0.2, 0) is 11.3 Å². The summed E-state index contributed by atoms with van der Waals surface area (Å²) in [5.41, 5.74) is 1.16. The Balaban J connectivity index is 2.02. The van der Waals surface area contributed by atoms with Gasteiger partial charge in [-0.2, -0.15) is 0 Å². The van der Waals surface area contributed by atoms with E-state index in [9.17, 15) is 0 Å². The molecule has 0 spiro atoms. The number of hydrogen-bond donors (Lipinski definition) is 1. The van der Waals surface area contributed by atoms with Gasteiger partial charge in [-0.25, -0.2) is 4.98 Å². The first-order chi connectivity index (χ1) is 8.24. The summed E-state index contributed by atoms with van der Waals surface area (Å²) in [7, 11) is 1.79. The lowest BCUT2D eigenvalue weighted by Gasteiger charge is -2.13. The van der Waals surface area contributed by atoms with Crippen LogP contribution in [0.2, 0.25) is 0 Å². The predicted octanol–water partition coefficient (Wildman–Crippen LogP) is 1.79. The number of aryl methyl sites for hydroxylation is 1. The van der Waals surface area contributed by atoms with Crippen molar-refractivity contribution in [3.8, 4) is 0 Å². The summed E-state index contributed by atoms with van der Waals surface area (Å²) < 4.78 is 5.39. The highest BCUT2D eigenvalue weighted by Gasteiger charge is 2.24. The van der Waals surface area contributed by atoms with Crippen LogP contribution >= 0.6 is 11.3 Å². The number of nitrogens with zero attached hydrogens (tertiary/aromatic N) is 2. The number of thiazole rings is 1. The molecular weight excluding hydrogens is 234 g/mol. The van der Waals surface area contributed by atoms with E-state index in [2.05, 4.69) is 29.0 Å². The Hall–Kier alpha value is -0.650. The lowest BCUT2D eigenvalue weighted by atomic mass is 10.3. The Labute approximate surface area is 107 Å². The van der Waals surface area contributed by atoms with Crippen LogP contribution in [0.3, 0.4) is 0 Å². The fourth-order valence-electron chi connectivity index (χ4n) is 2.04. The van der Waals surface area contributed by atoms with Crippen molar-refractivity contribution in [3.05, 3.63) is 10.6 Å². The number of methoxy groups -OCH3 is 1. The summed E-state index contributed by atoms with van der Waals surface area (Å²) >= 11 is 1.81. The number of hydrogen-bond acceptors (Lipinski definition) is 5. The van der Waals surface area contributed by atoms with Gasteiger partial charge in [-0.05, 0) is 19.9 Å². The van der Waals surface area contributed by atoms with Gasteiger partial charge in [-0.1, -0.05) is 6.92 Å². The van der Waals surface area contributed by atoms with E-state index in [-0.39, 0.29) is 0 Å². The minimum absolute atomic E-state index is 0.372. The highest BCUT2D eigenvalue weighted by Crippen LogP contribution is 2.29. The zero-order chi connectivity index (χ0) is 12.3. The lowest BCUT2D eigenvalue weighted by Crippen LogP contribution is -2.21. The van der Waals surface area contributed by atoms with Crippen LogP contribution in [0.15, 0.2) is 0 Å². The minimum atomic E-state index is 0.372. The van der Waals surface area contributed by atoms with Crippen LogP contribution in [0.25, 0.3) is 0 Å². The molecule has 2 heterocycles. The molecule has 5 heteroatoms. The molecule has 1 aliphatic rings. The van der Waals surface area contributed by atoms with Crippen LogP contribution in [-0.4, -0.2) is 37.8 Å². The first-order valence-corrected chi connectivity index (χ1v) is 7.01. The molecular formula is C12H21N3OS. The molecule has 4 nitrogen and oxygen atoms in total. The van der Waals surface area contributed by atoms with Crippen LogP contribution in [0, 0.1) is 6.92 Å². The van der Waals surface area contributed by atoms with Crippen molar-refractivity contribution in [1.29, 1.82) is 0 Å². The van der Waals surface area contributed by atoms with Gasteiger partial charge in [0.15, 0.2) is 5.13 Å². The molecule has 1 aliphatic heterocycles. The molecule has 1 unspecified atom stereocenters. The van der Waals surface area contributed by atoms with E-state index in [1.807, 2.05) is 0 Å². The molecule has 0 aromatic carbocycles. The van der Waals surface area contributed by atoms with Crippen molar-refractivity contribution < 1.29 is 4.74 Å². The van der Waals surface area contributed by atoms with Crippen LogP contribution in [0.1, 0.15) is 23.9 Å². The van der Waals surface area contributed by atoms with Gasteiger partial charge in [-0.3, -0.25) is 0 Å². The molecule has 17 heavy (non-hydrogen) atoms. The fraction of sp³-hybridized carbons (Fsp3) is 0.750. The van der Waals surface area contributed by atoms with Gasteiger partial charge < -0.3 is 15.0 Å². The minimum Gasteiger partial charge on any atom is -0.380 e. The third-order valence-corrected chi connectivity index (χ3v) is 4.38. The van der Waals surface area contributed by atoms with E-state index in [1.165, 1.54) is 4.88 Å². The Morgan fingerprint density at radius 1 is 1.59 bits per heavy atom. The summed E-state index contributed by atoms with van der Waals surface area (Å²) in [6.07, 6.45) is 1.48. The Bertz CT molecular complexity index is 367. The topological polar surface area (TPSA) is 37.4 Å². The smallest absolute Gasteiger partial charge is 0.185 e. The molecule has 2 rings (SSSR count). The van der Waals surface area contributed by atoms with Crippen molar-refractivity contribution >= 4 is 16.5 Å². The molecule has 0 amide bonds. The lowest BCUT2D eigenvalue weighted by molar-refractivity contribution is 0.121. The monoisotopic (exact) mass is 255 g/mol. The standard InChI is InChI=1S/C12H21N3OS/c1-4-13-7-11-9(2)14-12(17-11)15-6-5-10(8-15)16-3/h10,13H,4-8H2,1-3H3. The van der Waals surface area contributed by atoms with Crippen LogP contribution in [0.5, 0.6) is 0 Å². The van der Waals surface area contributed by atoms with E-state index in [0.29, 0.717) is 6.10 Å². The summed E-state index contributed by atoms with van der Waals surface area (Å²) in [5.74, 6) is 0. The number of nitrogens with one attached hydrogen (secondary N) is 1. The van der Waals surface area contributed by atoms with Gasteiger partial charge in [-0.15, -0.1) is 11.3 Å². The number of ether oxygens (including phenoxy) is 1. The highest BCUT2D eigenvalue weighted by molar-refractivity contribution is 7.15. The second-order valence-electron chi connectivity index (χ2n) is 4.38. The summed E-state index contributed by atoms with van der Waals surface area (Å²) in [6.45, 7) is 8.19. The Morgan fingerprint density at radius 3 is 3.06 bits per heavy atom. The molecule has 0 aliphatic carbocycles.